The third-order valence-electron chi connectivity index (χ3n) is 3.36. The molecule has 0 rings (SSSR count). The summed E-state index contributed by atoms with van der Waals surface area (Å²) in [6, 6.07) is 0. The van der Waals surface area contributed by atoms with Crippen LogP contribution in [0.4, 0.5) is 0 Å². The number of hydrogen-bond donors (Lipinski definition) is 0. The Hall–Kier alpha value is -1.23. The first-order chi connectivity index (χ1) is 10.3. The minimum absolute atomic E-state index is 0.121. The third kappa shape index (κ3) is 16.7. The summed E-state index contributed by atoms with van der Waals surface area (Å²) >= 11 is 0. The fourth-order valence-electron chi connectivity index (χ4n) is 2.03. The van der Waals surface area contributed by atoms with E-state index in [1.807, 2.05) is 0 Å². The van der Waals surface area contributed by atoms with Crippen molar-refractivity contribution in [1.29, 1.82) is 0 Å². The Balaban J connectivity index is 3.27. The number of unbranched alkanes of at least 4 members (excludes halogenated alkanes) is 8. The van der Waals surface area contributed by atoms with Gasteiger partial charge in [0.05, 0.1) is 7.11 Å². The molecule has 0 aliphatic carbocycles. The quantitative estimate of drug-likeness (QED) is 0.208. The Kier molecular flexibility index (Phi) is 15.8. The van der Waals surface area contributed by atoms with Gasteiger partial charge in [0.1, 0.15) is 0 Å². The van der Waals surface area contributed by atoms with Gasteiger partial charge in [-0.25, -0.2) is 0 Å². The molecule has 0 aliphatic rings. The van der Waals surface area contributed by atoms with E-state index in [9.17, 15) is 4.79 Å². The molecule has 0 aromatic carbocycles. The van der Waals surface area contributed by atoms with Crippen LogP contribution < -0.4 is 0 Å². The van der Waals surface area contributed by atoms with E-state index in [0.717, 1.165) is 32.1 Å². The summed E-state index contributed by atoms with van der Waals surface area (Å²) in [5, 5.41) is 0. The van der Waals surface area contributed by atoms with Gasteiger partial charge in [0.15, 0.2) is 0 Å². The van der Waals surface area contributed by atoms with Crippen LogP contribution >= 0.6 is 0 Å². The summed E-state index contributed by atoms with van der Waals surface area (Å²) in [6.07, 6.45) is 17.7. The molecule has 2 nitrogen and oxygen atoms in total. The van der Waals surface area contributed by atoms with E-state index in [2.05, 4.69) is 35.7 Å². The number of hydrogen-bond acceptors (Lipinski definition) is 2. The summed E-state index contributed by atoms with van der Waals surface area (Å²) in [7, 11) is 1.43. The Morgan fingerprint density at radius 3 is 2.33 bits per heavy atom. The van der Waals surface area contributed by atoms with Gasteiger partial charge in [-0.3, -0.25) is 4.79 Å². The molecule has 120 valence electrons. The molecule has 0 amide bonds. The van der Waals surface area contributed by atoms with Crippen molar-refractivity contribution in [2.45, 2.75) is 84.0 Å². The number of allylic oxidation sites excluding steroid dienone is 2. The first-order valence-corrected chi connectivity index (χ1v) is 8.48. The molecule has 0 atom stereocenters. The van der Waals surface area contributed by atoms with Gasteiger partial charge in [-0.15, -0.1) is 11.8 Å². The number of carbonyl (C=O) groups excluding carboxylic acids is 1. The molecule has 0 radical (unpaired) electrons. The van der Waals surface area contributed by atoms with Crippen LogP contribution in [-0.4, -0.2) is 13.1 Å². The summed E-state index contributed by atoms with van der Waals surface area (Å²) in [6.45, 7) is 2.25. The van der Waals surface area contributed by atoms with Gasteiger partial charge in [-0.1, -0.05) is 51.2 Å². The molecule has 0 saturated carbocycles. The fraction of sp³-hybridized carbons (Fsp3) is 0.737. The zero-order chi connectivity index (χ0) is 15.6. The van der Waals surface area contributed by atoms with Crippen molar-refractivity contribution < 1.29 is 9.53 Å². The molecule has 0 heterocycles. The number of methoxy groups -OCH3 is 1. The molecular weight excluding hydrogens is 260 g/mol. The van der Waals surface area contributed by atoms with Crippen LogP contribution in [0.15, 0.2) is 12.2 Å². The summed E-state index contributed by atoms with van der Waals surface area (Å²) in [4.78, 5) is 10.9. The molecule has 0 bridgehead atoms. The number of esters is 1. The molecule has 2 heteroatoms. The predicted octanol–water partition coefficient (Wildman–Crippen LogP) is 5.42. The lowest BCUT2D eigenvalue weighted by Gasteiger charge is -1.96. The predicted molar refractivity (Wildman–Crippen MR) is 90.0 cm³/mol. The molecule has 0 aromatic rings. The van der Waals surface area contributed by atoms with Crippen molar-refractivity contribution in [3.8, 4) is 11.8 Å². The molecular formula is C19H32O2. The highest BCUT2D eigenvalue weighted by Crippen LogP contribution is 2.06. The van der Waals surface area contributed by atoms with Gasteiger partial charge < -0.3 is 4.74 Å². The Morgan fingerprint density at radius 1 is 0.905 bits per heavy atom. The second-order valence-electron chi connectivity index (χ2n) is 5.35. The zero-order valence-corrected chi connectivity index (χ0v) is 14.0. The minimum Gasteiger partial charge on any atom is -0.469 e. The van der Waals surface area contributed by atoms with Crippen molar-refractivity contribution in [3.63, 3.8) is 0 Å². The fourth-order valence-corrected chi connectivity index (χ4v) is 2.03. The van der Waals surface area contributed by atoms with Crippen LogP contribution in [0.25, 0.3) is 0 Å². The zero-order valence-electron chi connectivity index (χ0n) is 14.0. The van der Waals surface area contributed by atoms with Gasteiger partial charge in [-0.2, -0.15) is 0 Å². The van der Waals surface area contributed by atoms with E-state index in [0.29, 0.717) is 6.42 Å². The van der Waals surface area contributed by atoms with Crippen molar-refractivity contribution in [1.82, 2.24) is 0 Å². The van der Waals surface area contributed by atoms with Crippen molar-refractivity contribution in [2.75, 3.05) is 7.11 Å². The van der Waals surface area contributed by atoms with Crippen molar-refractivity contribution >= 4 is 5.97 Å². The summed E-state index contributed by atoms with van der Waals surface area (Å²) < 4.78 is 4.59. The van der Waals surface area contributed by atoms with E-state index >= 15 is 0 Å². The normalized spacial score (nSPS) is 10.4. The van der Waals surface area contributed by atoms with Crippen LogP contribution in [0.1, 0.15) is 84.0 Å². The summed E-state index contributed by atoms with van der Waals surface area (Å²) in [5.41, 5.74) is 0. The van der Waals surface area contributed by atoms with Crippen LogP contribution in [0.5, 0.6) is 0 Å². The highest BCUT2D eigenvalue weighted by atomic mass is 16.5. The molecule has 0 spiro atoms. The Bertz CT molecular complexity index is 320. The molecule has 21 heavy (non-hydrogen) atoms. The first-order valence-electron chi connectivity index (χ1n) is 8.48. The second kappa shape index (κ2) is 16.8. The SMILES string of the molecule is CCCCCCCCC#CCCC=CCCCC(=O)OC. The maximum absolute atomic E-state index is 10.9. The Labute approximate surface area is 131 Å². The van der Waals surface area contributed by atoms with Crippen molar-refractivity contribution in [2.24, 2.45) is 0 Å². The van der Waals surface area contributed by atoms with Gasteiger partial charge in [0.25, 0.3) is 0 Å². The lowest BCUT2D eigenvalue weighted by Crippen LogP contribution is -1.98. The van der Waals surface area contributed by atoms with E-state index < -0.39 is 0 Å². The first kappa shape index (κ1) is 19.8. The lowest BCUT2D eigenvalue weighted by atomic mass is 10.1. The molecule has 0 aromatic heterocycles. The lowest BCUT2D eigenvalue weighted by molar-refractivity contribution is -0.140. The third-order valence-corrected chi connectivity index (χ3v) is 3.36. The summed E-state index contributed by atoms with van der Waals surface area (Å²) in [5.74, 6) is 6.36. The van der Waals surface area contributed by atoms with Gasteiger partial charge in [-0.05, 0) is 25.7 Å². The van der Waals surface area contributed by atoms with Crippen LogP contribution in [-0.2, 0) is 9.53 Å². The van der Waals surface area contributed by atoms with Gasteiger partial charge in [0.2, 0.25) is 0 Å². The average molecular weight is 292 g/mol. The van der Waals surface area contributed by atoms with Gasteiger partial charge in [0, 0.05) is 19.3 Å². The minimum atomic E-state index is -0.121. The Morgan fingerprint density at radius 2 is 1.57 bits per heavy atom. The molecule has 0 unspecified atom stereocenters. The highest BCUT2D eigenvalue weighted by Gasteiger charge is 1.96. The smallest absolute Gasteiger partial charge is 0.305 e. The highest BCUT2D eigenvalue weighted by molar-refractivity contribution is 5.68. The van der Waals surface area contributed by atoms with Gasteiger partial charge >= 0.3 is 5.97 Å². The largest absolute Gasteiger partial charge is 0.469 e. The number of rotatable bonds is 12. The molecule has 0 aliphatic heterocycles. The van der Waals surface area contributed by atoms with E-state index in [1.165, 1.54) is 45.6 Å². The van der Waals surface area contributed by atoms with E-state index in [-0.39, 0.29) is 5.97 Å². The average Bonchev–Trinajstić information content (AvgIpc) is 2.50. The van der Waals surface area contributed by atoms with Crippen LogP contribution in [0.2, 0.25) is 0 Å². The molecule has 0 N–H and O–H groups in total. The maximum atomic E-state index is 10.9. The molecule has 0 fully saturated rings. The number of ether oxygens (including phenoxy) is 1. The van der Waals surface area contributed by atoms with Crippen molar-refractivity contribution in [3.05, 3.63) is 12.2 Å². The topological polar surface area (TPSA) is 26.3 Å². The van der Waals surface area contributed by atoms with Crippen LogP contribution in [0, 0.1) is 11.8 Å². The second-order valence-corrected chi connectivity index (χ2v) is 5.35. The van der Waals surface area contributed by atoms with Crippen LogP contribution in [0.3, 0.4) is 0 Å². The molecule has 0 saturated heterocycles. The maximum Gasteiger partial charge on any atom is 0.305 e. The van der Waals surface area contributed by atoms with E-state index in [4.69, 9.17) is 0 Å². The number of carbonyl (C=O) groups is 1. The standard InChI is InChI=1S/C19H32O2/c1-3-4-5-6-7-8-9-10-11-12-13-14-15-16-17-18-19(20)21-2/h14-15H,3-9,12-13,16-18H2,1-2H3. The monoisotopic (exact) mass is 292 g/mol. The van der Waals surface area contributed by atoms with E-state index in [1.54, 1.807) is 0 Å².